The highest BCUT2D eigenvalue weighted by Crippen LogP contribution is 2.48. The van der Waals surface area contributed by atoms with Crippen molar-refractivity contribution >= 4 is 135 Å². The minimum absolute atomic E-state index is 0.243. The summed E-state index contributed by atoms with van der Waals surface area (Å²) in [5.74, 6) is 1.76. The predicted octanol–water partition coefficient (Wildman–Crippen LogP) is 25.4. The number of carbonyl (C=O) groups excluding carboxylic acids is 4. The van der Waals surface area contributed by atoms with Crippen molar-refractivity contribution in [2.24, 2.45) is 0 Å². The lowest BCUT2D eigenvalue weighted by atomic mass is 9.82. The number of carbonyl (C=O) groups is 4. The number of aryl methyl sites for hydroxylation is 1. The lowest BCUT2D eigenvalue weighted by Gasteiger charge is -2.30. The van der Waals surface area contributed by atoms with Crippen LogP contribution in [-0.4, -0.2) is 83.8 Å². The van der Waals surface area contributed by atoms with Crippen molar-refractivity contribution in [3.05, 3.63) is 222 Å². The van der Waals surface area contributed by atoms with E-state index in [4.69, 9.17) is 23.0 Å². The average molecular weight is 1530 g/mol. The summed E-state index contributed by atoms with van der Waals surface area (Å²) in [7, 11) is 0. The van der Waals surface area contributed by atoms with E-state index in [-0.39, 0.29) is 23.6 Å². The molecule has 110 heavy (non-hydrogen) atoms. The van der Waals surface area contributed by atoms with Gasteiger partial charge in [0.25, 0.3) is 23.6 Å². The van der Waals surface area contributed by atoms with Crippen molar-refractivity contribution in [1.29, 1.82) is 0 Å². The molecule has 0 saturated carbocycles. The van der Waals surface area contributed by atoms with Gasteiger partial charge in [-0.1, -0.05) is 195 Å². The van der Waals surface area contributed by atoms with Gasteiger partial charge >= 0.3 is 0 Å². The molecule has 17 rings (SSSR count). The zero-order valence-electron chi connectivity index (χ0n) is 63.1. The second-order valence-corrected chi connectivity index (χ2v) is 31.6. The maximum Gasteiger partial charge on any atom is 0.261 e. The van der Waals surface area contributed by atoms with Crippen LogP contribution in [0, 0.1) is 6.92 Å². The summed E-state index contributed by atoms with van der Waals surface area (Å²) in [6.07, 6.45) is 15.4. The van der Waals surface area contributed by atoms with Crippen LogP contribution in [0.1, 0.15) is 172 Å². The highest BCUT2D eigenvalue weighted by atomic mass is 32.1. The largest absolute Gasteiger partial charge is 0.494 e. The van der Waals surface area contributed by atoms with E-state index in [1.54, 1.807) is 22.7 Å². The van der Waals surface area contributed by atoms with Crippen LogP contribution < -0.4 is 14.2 Å². The number of unbranched alkanes of at least 4 members (excludes halogenated alkanes) is 10. The lowest BCUT2D eigenvalue weighted by molar-refractivity contribution is 0.0592. The maximum atomic E-state index is 13.5. The highest BCUT2D eigenvalue weighted by Gasteiger charge is 2.37. The van der Waals surface area contributed by atoms with Crippen LogP contribution in [0.2, 0.25) is 0 Å². The minimum atomic E-state index is -0.243. The number of hydrogen-bond acceptors (Lipinski definition) is 15. The fraction of sp³-hybridized carbons (Fsp3) is 0.269. The van der Waals surface area contributed by atoms with Gasteiger partial charge in [-0.15, -0.1) is 22.7 Å². The normalized spacial score (nSPS) is 12.6. The Balaban J connectivity index is 0.000000132. The van der Waals surface area contributed by atoms with Crippen molar-refractivity contribution in [3.63, 3.8) is 0 Å². The molecule has 2 aliphatic rings. The van der Waals surface area contributed by atoms with Gasteiger partial charge in [0.2, 0.25) is 0 Å². The van der Waals surface area contributed by atoms with Crippen LogP contribution in [0.5, 0.6) is 17.2 Å². The first kappa shape index (κ1) is 74.9. The summed E-state index contributed by atoms with van der Waals surface area (Å²) < 4.78 is 36.0. The molecule has 0 radical (unpaired) electrons. The number of ether oxygens (including phenoxy) is 3. The maximum absolute atomic E-state index is 13.5. The Hall–Kier alpha value is -10.6. The van der Waals surface area contributed by atoms with E-state index >= 15 is 0 Å². The Morgan fingerprint density at radius 1 is 0.291 bits per heavy atom. The van der Waals surface area contributed by atoms with Gasteiger partial charge in [-0.2, -0.15) is 17.5 Å². The minimum Gasteiger partial charge on any atom is -0.494 e. The molecule has 4 amide bonds. The summed E-state index contributed by atoms with van der Waals surface area (Å²) in [5.41, 5.74) is 16.4. The molecule has 6 heterocycles. The quantitative estimate of drug-likeness (QED) is 0.0199. The van der Waals surface area contributed by atoms with Gasteiger partial charge < -0.3 is 14.2 Å². The summed E-state index contributed by atoms with van der Waals surface area (Å²) in [6.45, 7) is 15.8. The number of nitrogens with zero attached hydrogens (tertiary/aromatic N) is 6. The van der Waals surface area contributed by atoms with Crippen molar-refractivity contribution in [2.45, 2.75) is 131 Å². The number of hydrogen-bond donors (Lipinski definition) is 0. The molecule has 13 nitrogen and oxygen atoms in total. The lowest BCUT2D eigenvalue weighted by Crippen LogP contribution is -2.41. The Morgan fingerprint density at radius 3 is 1.01 bits per heavy atom. The molecule has 556 valence electrons. The first-order valence-corrected chi connectivity index (χ1v) is 42.0. The molecule has 0 N–H and O–H groups in total. The molecule has 0 saturated heterocycles. The second kappa shape index (κ2) is 34.1. The van der Waals surface area contributed by atoms with Crippen LogP contribution in [-0.2, 0) is 0 Å². The fourth-order valence-electron chi connectivity index (χ4n) is 15.2. The zero-order chi connectivity index (χ0) is 75.8. The number of fused-ring (bicyclic) bond motifs is 4. The van der Waals surface area contributed by atoms with Crippen LogP contribution in [0.25, 0.3) is 129 Å². The van der Waals surface area contributed by atoms with E-state index in [1.165, 1.54) is 102 Å². The molecule has 4 aromatic heterocycles. The first-order valence-electron chi connectivity index (χ1n) is 38.9. The van der Waals surface area contributed by atoms with Crippen LogP contribution in [0.4, 0.5) is 0 Å². The molecule has 15 aromatic rings. The van der Waals surface area contributed by atoms with E-state index in [0.717, 1.165) is 176 Å². The predicted molar refractivity (Wildman–Crippen MR) is 456 cm³/mol. The first-order chi connectivity index (χ1) is 54.0. The molecule has 0 fully saturated rings. The van der Waals surface area contributed by atoms with E-state index in [9.17, 15) is 19.2 Å². The second-order valence-electron chi connectivity index (χ2n) is 28.3. The van der Waals surface area contributed by atoms with Gasteiger partial charge in [-0.25, -0.2) is 0 Å². The molecule has 0 atom stereocenters. The number of aromatic nitrogens is 4. The van der Waals surface area contributed by atoms with Gasteiger partial charge in [-0.05, 0) is 191 Å². The van der Waals surface area contributed by atoms with E-state index in [1.807, 2.05) is 67.6 Å². The molecular weight excluding hydrogens is 1440 g/mol. The molecular formula is C93H88N6O7S4. The van der Waals surface area contributed by atoms with Crippen molar-refractivity contribution in [1.82, 2.24) is 27.3 Å². The van der Waals surface area contributed by atoms with Crippen LogP contribution in [0.3, 0.4) is 0 Å². The van der Waals surface area contributed by atoms with E-state index in [0.29, 0.717) is 52.7 Å². The van der Waals surface area contributed by atoms with Crippen molar-refractivity contribution < 1.29 is 33.4 Å². The van der Waals surface area contributed by atoms with Crippen LogP contribution in [0.15, 0.2) is 194 Å². The average Bonchev–Trinajstić information content (AvgIpc) is 0.721. The fourth-order valence-corrected chi connectivity index (χ4v) is 18.4. The summed E-state index contributed by atoms with van der Waals surface area (Å²) >= 11 is 6.13. The van der Waals surface area contributed by atoms with Crippen LogP contribution >= 0.6 is 46.1 Å². The summed E-state index contributed by atoms with van der Waals surface area (Å²) in [4.78, 5) is 61.8. The number of imide groups is 2. The van der Waals surface area contributed by atoms with E-state index < -0.39 is 0 Å². The van der Waals surface area contributed by atoms with Gasteiger partial charge in [-0.3, -0.25) is 29.0 Å². The SMILES string of the molecule is CCCCCCCCOc1ccc(-c2ccc(-c3ccc(OCC)cc3)c3nsnc23)cc1.CCCCCN1C(=O)c2ccc3c4ccc5c6c(ccc(c7ccc(c2c37)C1=O)c64)C(=O)N(CCCCC)C5=O.CCCCOc1ccc(-c2ccc(-c3ccc(-c4ccc(-c5ccc(C)cc5)s4)c4nsnc34)s2)cc1. The zero-order valence-corrected chi connectivity index (χ0v) is 66.4. The number of benzene rings is 11. The number of thiophene rings is 2. The Bertz CT molecular complexity index is 5560. The Labute approximate surface area is 658 Å². The van der Waals surface area contributed by atoms with Gasteiger partial charge in [0.15, 0.2) is 0 Å². The Morgan fingerprint density at radius 2 is 0.609 bits per heavy atom. The third-order valence-electron chi connectivity index (χ3n) is 21.0. The smallest absolute Gasteiger partial charge is 0.261 e. The third-order valence-corrected chi connectivity index (χ3v) is 24.4. The van der Waals surface area contributed by atoms with Crippen molar-refractivity contribution in [2.75, 3.05) is 32.9 Å². The van der Waals surface area contributed by atoms with Gasteiger partial charge in [0, 0.05) is 87.9 Å². The standard InChI is InChI=1S/C34H30N2O4.C31H26N2OS3.C28H32N2O2S/c1-3-5-7-17-35-31(37)23-13-9-19-21-11-15-25-30-26(34(40)36(33(25)39)18-8-6-4-2)16-12-22(28(21)30)20-10-14-24(32(35)38)29(23)27(19)20;1-3-4-19-34-23-11-9-22(10-12-23)27-16-18-29(36-27)25-14-13-24(30-31(25)33-37-32-30)28-17-15-26(35-28)21-7-5-20(2)6-8-21;1-3-5-6-7-8-9-20-32-24-16-12-22(13-17-24)26-19-18-25(27-28(26)30-33-29-27)21-10-14-23(15-11-21)31-4-2/h9-16H,3-8,17-18H2,1-2H3;5-18H,3-4,19H2,1-2H3;10-19H,3-9,20H2,1-2H3. The highest BCUT2D eigenvalue weighted by molar-refractivity contribution is 7.19. The molecule has 0 unspecified atom stereocenters. The summed E-state index contributed by atoms with van der Waals surface area (Å²) in [5, 5.41) is 6.82. The number of rotatable bonds is 28. The summed E-state index contributed by atoms with van der Waals surface area (Å²) in [6, 6.07) is 66.2. The third kappa shape index (κ3) is 15.2. The molecule has 2 aliphatic heterocycles. The Kier molecular flexibility index (Phi) is 23.2. The molecule has 17 heteroatoms. The molecule has 0 bridgehead atoms. The van der Waals surface area contributed by atoms with Crippen molar-refractivity contribution in [3.8, 4) is 81.3 Å². The topological polar surface area (TPSA) is 154 Å². The molecule has 11 aromatic carbocycles. The molecule has 0 spiro atoms. The molecule has 0 aliphatic carbocycles. The van der Waals surface area contributed by atoms with E-state index in [2.05, 4.69) is 177 Å². The monoisotopic (exact) mass is 1530 g/mol. The van der Waals surface area contributed by atoms with Gasteiger partial charge in [0.1, 0.15) is 39.3 Å². The number of amides is 4. The van der Waals surface area contributed by atoms with Gasteiger partial charge in [0.05, 0.1) is 43.3 Å².